The summed E-state index contributed by atoms with van der Waals surface area (Å²) in [5.41, 5.74) is -0.449. The Morgan fingerprint density at radius 2 is 1.96 bits per heavy atom. The van der Waals surface area contributed by atoms with Crippen molar-refractivity contribution in [3.63, 3.8) is 0 Å². The van der Waals surface area contributed by atoms with E-state index in [1.807, 2.05) is 26.8 Å². The molecule has 2 amide bonds. The molecule has 154 valence electrons. The molecule has 1 aromatic carbocycles. The average molecular weight is 398 g/mol. The highest BCUT2D eigenvalue weighted by molar-refractivity contribution is 5.75. The van der Waals surface area contributed by atoms with Crippen LogP contribution in [-0.4, -0.2) is 30.7 Å². The first-order valence-corrected chi connectivity index (χ1v) is 8.90. The number of methoxy groups -OCH3 is 1. The molecule has 0 bridgehead atoms. The number of alkyl halides is 3. The van der Waals surface area contributed by atoms with E-state index < -0.39 is 23.8 Å². The van der Waals surface area contributed by atoms with Gasteiger partial charge in [-0.05, 0) is 50.6 Å². The fourth-order valence-electron chi connectivity index (χ4n) is 2.78. The van der Waals surface area contributed by atoms with Crippen molar-refractivity contribution >= 4 is 6.03 Å². The number of aryl methyl sites for hydroxylation is 1. The zero-order valence-corrected chi connectivity index (χ0v) is 16.3. The zero-order valence-electron chi connectivity index (χ0n) is 16.3. The number of nitrogens with zero attached hydrogens (tertiary/aromatic N) is 1. The maximum Gasteiger partial charge on any atom is 0.416 e. The first-order valence-electron chi connectivity index (χ1n) is 8.90. The number of amides is 2. The Morgan fingerprint density at radius 3 is 2.50 bits per heavy atom. The van der Waals surface area contributed by atoms with Gasteiger partial charge in [0.1, 0.15) is 11.5 Å². The topological polar surface area (TPSA) is 54.7 Å². The lowest BCUT2D eigenvalue weighted by atomic mass is 10.0. The van der Waals surface area contributed by atoms with Crippen LogP contribution in [0.3, 0.4) is 0 Å². The number of ether oxygens (including phenoxy) is 1. The Labute approximate surface area is 162 Å². The normalized spacial score (nSPS) is 12.9. The predicted octanol–water partition coefficient (Wildman–Crippen LogP) is 4.91. The highest BCUT2D eigenvalue weighted by Gasteiger charge is 2.31. The molecule has 0 spiro atoms. The molecule has 0 aliphatic rings. The maximum absolute atomic E-state index is 13.0. The largest absolute Gasteiger partial charge is 0.464 e. The summed E-state index contributed by atoms with van der Waals surface area (Å²) in [4.78, 5) is 14.4. The second kappa shape index (κ2) is 9.14. The van der Waals surface area contributed by atoms with Gasteiger partial charge in [-0.25, -0.2) is 4.79 Å². The van der Waals surface area contributed by atoms with Crippen LogP contribution in [-0.2, 0) is 17.5 Å². The molecule has 0 fully saturated rings. The van der Waals surface area contributed by atoms with E-state index >= 15 is 0 Å². The average Bonchev–Trinajstić information content (AvgIpc) is 3.03. The van der Waals surface area contributed by atoms with E-state index in [1.54, 1.807) is 11.0 Å². The molecule has 1 unspecified atom stereocenters. The number of furan rings is 1. The molecule has 1 aromatic heterocycles. The smallest absolute Gasteiger partial charge is 0.416 e. The second-order valence-corrected chi connectivity index (χ2v) is 6.81. The number of halogens is 3. The number of carbonyl (C=O) groups excluding carboxylic acids is 1. The number of benzene rings is 1. The minimum absolute atomic E-state index is 0.0405. The van der Waals surface area contributed by atoms with E-state index in [2.05, 4.69) is 5.32 Å². The first-order chi connectivity index (χ1) is 13.1. The molecule has 1 N–H and O–H groups in total. The lowest BCUT2D eigenvalue weighted by Gasteiger charge is -2.29. The minimum Gasteiger partial charge on any atom is -0.464 e. The van der Waals surface area contributed by atoms with E-state index in [0.717, 1.165) is 17.9 Å². The molecule has 2 rings (SSSR count). The fraction of sp³-hybridized carbons (Fsp3) is 0.450. The standard InChI is InChI=1S/C20H25F3N2O3/c1-13(2)25(11-17-9-8-14(3)28-17)19(26)24-18(12-27-4)15-6-5-7-16(10-15)20(21,22)23/h5-10,13,18H,11-12H2,1-4H3,(H,24,26). The summed E-state index contributed by atoms with van der Waals surface area (Å²) in [5.74, 6) is 1.36. The van der Waals surface area contributed by atoms with Crippen molar-refractivity contribution in [3.05, 3.63) is 59.0 Å². The summed E-state index contributed by atoms with van der Waals surface area (Å²) >= 11 is 0. The van der Waals surface area contributed by atoms with E-state index in [1.165, 1.54) is 19.2 Å². The van der Waals surface area contributed by atoms with Gasteiger partial charge in [0.2, 0.25) is 0 Å². The lowest BCUT2D eigenvalue weighted by Crippen LogP contribution is -2.45. The Morgan fingerprint density at radius 1 is 1.25 bits per heavy atom. The van der Waals surface area contributed by atoms with Crippen LogP contribution in [0.1, 0.15) is 42.5 Å². The van der Waals surface area contributed by atoms with Crippen LogP contribution in [0.2, 0.25) is 0 Å². The molecule has 8 heteroatoms. The van der Waals surface area contributed by atoms with Gasteiger partial charge in [0.05, 0.1) is 24.8 Å². The SMILES string of the molecule is COCC(NC(=O)N(Cc1ccc(C)o1)C(C)C)c1cccc(C(F)(F)F)c1. The number of nitrogens with one attached hydrogen (secondary N) is 1. The number of carbonyl (C=O) groups is 1. The van der Waals surface area contributed by atoms with Crippen molar-refractivity contribution < 1.29 is 27.1 Å². The third-order valence-electron chi connectivity index (χ3n) is 4.25. The highest BCUT2D eigenvalue weighted by atomic mass is 19.4. The van der Waals surface area contributed by atoms with Gasteiger partial charge in [-0.3, -0.25) is 0 Å². The fourth-order valence-corrected chi connectivity index (χ4v) is 2.78. The number of hydrogen-bond acceptors (Lipinski definition) is 3. The monoisotopic (exact) mass is 398 g/mol. The van der Waals surface area contributed by atoms with Crippen molar-refractivity contribution in [2.75, 3.05) is 13.7 Å². The quantitative estimate of drug-likeness (QED) is 0.721. The molecule has 0 radical (unpaired) electrons. The van der Waals surface area contributed by atoms with Gasteiger partial charge >= 0.3 is 12.2 Å². The van der Waals surface area contributed by atoms with Gasteiger partial charge in [0.25, 0.3) is 0 Å². The molecule has 0 aliphatic heterocycles. The van der Waals surface area contributed by atoms with Crippen LogP contribution >= 0.6 is 0 Å². The van der Waals surface area contributed by atoms with Gasteiger partial charge in [-0.2, -0.15) is 13.2 Å². The van der Waals surface area contributed by atoms with Gasteiger partial charge in [0, 0.05) is 13.2 Å². The molecule has 0 saturated carbocycles. The molecule has 28 heavy (non-hydrogen) atoms. The Hall–Kier alpha value is -2.48. The highest BCUT2D eigenvalue weighted by Crippen LogP contribution is 2.31. The van der Waals surface area contributed by atoms with Gasteiger partial charge in [0.15, 0.2) is 0 Å². The molecular formula is C20H25F3N2O3. The molecular weight excluding hydrogens is 373 g/mol. The first kappa shape index (κ1) is 21.8. The van der Waals surface area contributed by atoms with Crippen molar-refractivity contribution in [2.45, 2.75) is 45.6 Å². The van der Waals surface area contributed by atoms with E-state index in [9.17, 15) is 18.0 Å². The summed E-state index contributed by atoms with van der Waals surface area (Å²) in [6.07, 6.45) is -4.46. The van der Waals surface area contributed by atoms with Crippen molar-refractivity contribution in [3.8, 4) is 0 Å². The van der Waals surface area contributed by atoms with Gasteiger partial charge in [-0.1, -0.05) is 12.1 Å². The van der Waals surface area contributed by atoms with Crippen LogP contribution in [0.4, 0.5) is 18.0 Å². The summed E-state index contributed by atoms with van der Waals surface area (Å²) < 4.78 is 49.7. The minimum atomic E-state index is -4.46. The van der Waals surface area contributed by atoms with Crippen LogP contribution in [0.15, 0.2) is 40.8 Å². The van der Waals surface area contributed by atoms with Crippen molar-refractivity contribution in [2.24, 2.45) is 0 Å². The molecule has 5 nitrogen and oxygen atoms in total. The number of hydrogen-bond donors (Lipinski definition) is 1. The van der Waals surface area contributed by atoms with E-state index in [4.69, 9.17) is 9.15 Å². The van der Waals surface area contributed by atoms with Crippen molar-refractivity contribution in [1.29, 1.82) is 0 Å². The molecule has 1 heterocycles. The van der Waals surface area contributed by atoms with Crippen LogP contribution < -0.4 is 5.32 Å². The van der Waals surface area contributed by atoms with Gasteiger partial charge in [-0.15, -0.1) is 0 Å². The zero-order chi connectivity index (χ0) is 20.9. The molecule has 2 aromatic rings. The summed E-state index contributed by atoms with van der Waals surface area (Å²) in [7, 11) is 1.43. The van der Waals surface area contributed by atoms with E-state index in [0.29, 0.717) is 11.3 Å². The van der Waals surface area contributed by atoms with Crippen LogP contribution in [0, 0.1) is 6.92 Å². The van der Waals surface area contributed by atoms with E-state index in [-0.39, 0.29) is 19.2 Å². The molecule has 1 atom stereocenters. The molecule has 0 saturated heterocycles. The predicted molar refractivity (Wildman–Crippen MR) is 98.7 cm³/mol. The summed E-state index contributed by atoms with van der Waals surface area (Å²) in [6.45, 7) is 5.81. The number of urea groups is 1. The Kier molecular flexibility index (Phi) is 7.12. The lowest BCUT2D eigenvalue weighted by molar-refractivity contribution is -0.137. The Bertz CT molecular complexity index is 787. The third-order valence-corrected chi connectivity index (χ3v) is 4.25. The second-order valence-electron chi connectivity index (χ2n) is 6.81. The van der Waals surface area contributed by atoms with Crippen molar-refractivity contribution in [1.82, 2.24) is 10.2 Å². The third kappa shape index (κ3) is 5.76. The van der Waals surface area contributed by atoms with Gasteiger partial charge < -0.3 is 19.4 Å². The maximum atomic E-state index is 13.0. The summed E-state index contributed by atoms with van der Waals surface area (Å²) in [6, 6.07) is 7.19. The van der Waals surface area contributed by atoms with Crippen LogP contribution in [0.5, 0.6) is 0 Å². The Balaban J connectivity index is 2.20. The number of rotatable bonds is 7. The summed E-state index contributed by atoms with van der Waals surface area (Å²) in [5, 5.41) is 2.77. The van der Waals surface area contributed by atoms with Crippen LogP contribution in [0.25, 0.3) is 0 Å². The molecule has 0 aliphatic carbocycles.